The number of nitrogens with two attached hydrogens (primary N) is 1. The van der Waals surface area contributed by atoms with E-state index in [1.807, 2.05) is 0 Å². The number of aliphatic carboxylic acids is 1. The normalized spacial score (nSPS) is 18.2. The zero-order chi connectivity index (χ0) is 26.8. The van der Waals surface area contributed by atoms with Gasteiger partial charge in [0.15, 0.2) is 11.9 Å². The number of carboxylic acid groups (broad SMARTS) is 1. The standard InChI is InChI=1S/C24H24ClFN2O8.ClH/c1-11(29)12-5-7-18-14(8-12)19(28-21(30)13-4-6-16(26)15(25)9-13)20(24(2,3)36-18)35-23(33)34-10-17(27)22(31)32;/h4-9,17,19-20H,10,27H2,1-3H3,(H,28,30)(H,31,32);1H/t17-,19-,20-;/m0./s1. The Hall–Kier alpha value is -3.41. The molecule has 0 aliphatic carbocycles. The lowest BCUT2D eigenvalue weighted by molar-refractivity contribution is -0.140. The first-order valence-electron chi connectivity index (χ1n) is 10.7. The SMILES string of the molecule is CC(=O)c1ccc2c(c1)[C@H](NC(=O)c1ccc(F)c(Cl)c1)[C@H](OC(=O)OC[C@H](N)C(=O)O)C(C)(C)O2.Cl. The number of rotatable bonds is 7. The molecule has 2 aromatic carbocycles. The van der Waals surface area contributed by atoms with E-state index in [4.69, 9.17) is 36.7 Å². The summed E-state index contributed by atoms with van der Waals surface area (Å²) in [5, 5.41) is 11.4. The van der Waals surface area contributed by atoms with E-state index in [-0.39, 0.29) is 28.8 Å². The minimum Gasteiger partial charge on any atom is -0.484 e. The number of carboxylic acids is 1. The van der Waals surface area contributed by atoms with Gasteiger partial charge in [0.25, 0.3) is 5.91 Å². The van der Waals surface area contributed by atoms with Gasteiger partial charge in [0.1, 0.15) is 29.8 Å². The zero-order valence-corrected chi connectivity index (χ0v) is 21.5. The van der Waals surface area contributed by atoms with Crippen LogP contribution in [0.3, 0.4) is 0 Å². The van der Waals surface area contributed by atoms with Gasteiger partial charge in [0, 0.05) is 16.7 Å². The van der Waals surface area contributed by atoms with Crippen molar-refractivity contribution in [2.24, 2.45) is 5.73 Å². The van der Waals surface area contributed by atoms with Crippen LogP contribution in [0.4, 0.5) is 9.18 Å². The summed E-state index contributed by atoms with van der Waals surface area (Å²) < 4.78 is 29.9. The topological polar surface area (TPSA) is 154 Å². The maximum atomic E-state index is 13.6. The first kappa shape index (κ1) is 29.8. The van der Waals surface area contributed by atoms with Gasteiger partial charge in [-0.15, -0.1) is 12.4 Å². The van der Waals surface area contributed by atoms with Crippen molar-refractivity contribution in [1.29, 1.82) is 0 Å². The van der Waals surface area contributed by atoms with Gasteiger partial charge >= 0.3 is 12.1 Å². The predicted molar refractivity (Wildman–Crippen MR) is 132 cm³/mol. The Morgan fingerprint density at radius 3 is 2.43 bits per heavy atom. The van der Waals surface area contributed by atoms with Crippen molar-refractivity contribution in [2.75, 3.05) is 6.61 Å². The molecule has 3 rings (SSSR count). The number of ether oxygens (including phenoxy) is 3. The van der Waals surface area contributed by atoms with Crippen LogP contribution in [0, 0.1) is 5.82 Å². The van der Waals surface area contributed by atoms with Gasteiger partial charge in [-0.1, -0.05) is 11.6 Å². The monoisotopic (exact) mass is 558 g/mol. The lowest BCUT2D eigenvalue weighted by atomic mass is 9.85. The summed E-state index contributed by atoms with van der Waals surface area (Å²) >= 11 is 5.81. The average molecular weight is 559 g/mol. The first-order valence-corrected chi connectivity index (χ1v) is 11.1. The fraction of sp³-hybridized carbons (Fsp3) is 0.333. The van der Waals surface area contributed by atoms with Gasteiger partial charge in [-0.05, 0) is 57.2 Å². The van der Waals surface area contributed by atoms with Gasteiger partial charge in [-0.2, -0.15) is 0 Å². The predicted octanol–water partition coefficient (Wildman–Crippen LogP) is 3.68. The highest BCUT2D eigenvalue weighted by Gasteiger charge is 2.48. The van der Waals surface area contributed by atoms with E-state index in [9.17, 15) is 23.6 Å². The molecule has 0 unspecified atom stereocenters. The van der Waals surface area contributed by atoms with E-state index >= 15 is 0 Å². The van der Waals surface area contributed by atoms with Crippen LogP contribution in [0.1, 0.15) is 53.1 Å². The summed E-state index contributed by atoms with van der Waals surface area (Å²) in [5.41, 5.74) is 4.81. The van der Waals surface area contributed by atoms with Crippen molar-refractivity contribution in [1.82, 2.24) is 5.32 Å². The molecule has 2 aromatic rings. The molecule has 37 heavy (non-hydrogen) atoms. The summed E-state index contributed by atoms with van der Waals surface area (Å²) in [6, 6.07) is 5.49. The van der Waals surface area contributed by atoms with Gasteiger partial charge in [0.2, 0.25) is 0 Å². The molecule has 1 aliphatic heterocycles. The van der Waals surface area contributed by atoms with E-state index in [0.29, 0.717) is 16.9 Å². The van der Waals surface area contributed by atoms with E-state index in [0.717, 1.165) is 12.1 Å². The number of nitrogens with one attached hydrogen (secondary N) is 1. The van der Waals surface area contributed by atoms with Crippen LogP contribution in [-0.4, -0.2) is 53.3 Å². The van der Waals surface area contributed by atoms with Gasteiger partial charge in [0.05, 0.1) is 11.1 Å². The van der Waals surface area contributed by atoms with Crippen molar-refractivity contribution in [3.05, 3.63) is 63.9 Å². The number of amides is 1. The Morgan fingerprint density at radius 1 is 1.19 bits per heavy atom. The minimum absolute atomic E-state index is 0. The summed E-state index contributed by atoms with van der Waals surface area (Å²) in [6.07, 6.45) is -2.45. The molecule has 1 amide bonds. The third-order valence-electron chi connectivity index (χ3n) is 5.50. The van der Waals surface area contributed by atoms with Crippen LogP contribution < -0.4 is 15.8 Å². The fourth-order valence-electron chi connectivity index (χ4n) is 3.60. The molecule has 0 aromatic heterocycles. The second-order valence-electron chi connectivity index (χ2n) is 8.64. The number of benzene rings is 2. The largest absolute Gasteiger partial charge is 0.508 e. The molecular weight excluding hydrogens is 534 g/mol. The average Bonchev–Trinajstić information content (AvgIpc) is 2.80. The Kier molecular flexibility index (Phi) is 9.48. The molecule has 0 spiro atoms. The Balaban J connectivity index is 0.00000481. The van der Waals surface area contributed by atoms with Crippen molar-refractivity contribution >= 4 is 47.8 Å². The summed E-state index contributed by atoms with van der Waals surface area (Å²) in [7, 11) is 0. The number of fused-ring (bicyclic) bond motifs is 1. The quantitative estimate of drug-likeness (QED) is 0.341. The second kappa shape index (κ2) is 11.8. The number of hydrogen-bond donors (Lipinski definition) is 3. The van der Waals surface area contributed by atoms with Gasteiger partial charge in [-0.25, -0.2) is 9.18 Å². The molecule has 4 N–H and O–H groups in total. The van der Waals surface area contributed by atoms with Gasteiger partial charge in [-0.3, -0.25) is 14.4 Å². The first-order chi connectivity index (χ1) is 16.8. The van der Waals surface area contributed by atoms with Crippen molar-refractivity contribution in [3.63, 3.8) is 0 Å². The van der Waals surface area contributed by atoms with Crippen molar-refractivity contribution in [3.8, 4) is 5.75 Å². The number of hydrogen-bond acceptors (Lipinski definition) is 8. The highest BCUT2D eigenvalue weighted by Crippen LogP contribution is 2.42. The summed E-state index contributed by atoms with van der Waals surface area (Å²) in [5.74, 6) is -2.68. The molecule has 0 radical (unpaired) electrons. The van der Waals surface area contributed by atoms with E-state index in [1.54, 1.807) is 26.0 Å². The molecule has 3 atom stereocenters. The molecule has 0 fully saturated rings. The third kappa shape index (κ3) is 6.88. The molecule has 10 nitrogen and oxygen atoms in total. The minimum atomic E-state index is -1.47. The Labute approximate surface area is 222 Å². The second-order valence-corrected chi connectivity index (χ2v) is 9.05. The summed E-state index contributed by atoms with van der Waals surface area (Å²) in [6.45, 7) is 3.91. The maximum absolute atomic E-state index is 13.6. The smallest absolute Gasteiger partial charge is 0.484 e. The highest BCUT2D eigenvalue weighted by molar-refractivity contribution is 6.31. The fourth-order valence-corrected chi connectivity index (χ4v) is 3.78. The number of carbonyl (C=O) groups excluding carboxylic acids is 3. The van der Waals surface area contributed by atoms with Crippen LogP contribution in [0.15, 0.2) is 36.4 Å². The molecule has 0 saturated carbocycles. The Morgan fingerprint density at radius 2 is 1.84 bits per heavy atom. The molecule has 200 valence electrons. The molecule has 0 saturated heterocycles. The van der Waals surface area contributed by atoms with Crippen LogP contribution in [-0.2, 0) is 14.3 Å². The van der Waals surface area contributed by atoms with E-state index in [1.165, 1.54) is 19.1 Å². The number of Topliss-reactive ketones (excluding diaryl/α,β-unsaturated/α-hetero) is 1. The third-order valence-corrected chi connectivity index (χ3v) is 5.79. The van der Waals surface area contributed by atoms with Crippen molar-refractivity contribution in [2.45, 2.75) is 44.6 Å². The lowest BCUT2D eigenvalue weighted by Crippen LogP contribution is -2.55. The van der Waals surface area contributed by atoms with E-state index < -0.39 is 54.2 Å². The maximum Gasteiger partial charge on any atom is 0.508 e. The number of halogens is 3. The van der Waals surface area contributed by atoms with Crippen LogP contribution in [0.2, 0.25) is 5.02 Å². The molecule has 0 bridgehead atoms. The van der Waals surface area contributed by atoms with Crippen LogP contribution >= 0.6 is 24.0 Å². The molecule has 1 heterocycles. The zero-order valence-electron chi connectivity index (χ0n) is 19.9. The van der Waals surface area contributed by atoms with Gasteiger partial charge < -0.3 is 30.4 Å². The number of ketones is 1. The highest BCUT2D eigenvalue weighted by atomic mass is 35.5. The van der Waals surface area contributed by atoms with E-state index in [2.05, 4.69) is 5.32 Å². The lowest BCUT2D eigenvalue weighted by Gasteiger charge is -2.44. The van der Waals surface area contributed by atoms with Crippen molar-refractivity contribution < 1.29 is 42.9 Å². The molecule has 13 heteroatoms. The molecule has 1 aliphatic rings. The summed E-state index contributed by atoms with van der Waals surface area (Å²) in [4.78, 5) is 48.4. The Bertz CT molecular complexity index is 1220. The van der Waals surface area contributed by atoms with Crippen LogP contribution in [0.25, 0.3) is 0 Å². The molecular formula is C24H25Cl2FN2O8. The van der Waals surface area contributed by atoms with Crippen LogP contribution in [0.5, 0.6) is 5.75 Å². The number of carbonyl (C=O) groups is 4.